The smallest absolute Gasteiger partial charge is 0.310 e. The average Bonchev–Trinajstić information content (AvgIpc) is 3.11. The first-order valence-electron chi connectivity index (χ1n) is 7.86. The molecule has 0 amide bonds. The summed E-state index contributed by atoms with van der Waals surface area (Å²) in [6.07, 6.45) is 0.754. The normalized spacial score (nSPS) is 16.9. The third-order valence-corrected chi connectivity index (χ3v) is 4.31. The molecule has 1 aromatic heterocycles. The zero-order valence-corrected chi connectivity index (χ0v) is 13.7. The summed E-state index contributed by atoms with van der Waals surface area (Å²) in [4.78, 5) is 29.5. The molecule has 1 aliphatic heterocycles. The Morgan fingerprint density at radius 3 is 2.92 bits per heavy atom. The lowest BCUT2D eigenvalue weighted by Gasteiger charge is -2.18. The molecule has 0 aliphatic carbocycles. The van der Waals surface area contributed by atoms with E-state index in [1.807, 2.05) is 37.3 Å². The van der Waals surface area contributed by atoms with Gasteiger partial charge in [0.1, 0.15) is 11.5 Å². The molecule has 0 spiro atoms. The predicted octanol–water partition coefficient (Wildman–Crippen LogP) is 3.45. The van der Waals surface area contributed by atoms with E-state index >= 15 is 0 Å². The van der Waals surface area contributed by atoms with Crippen molar-refractivity contribution in [2.24, 2.45) is 11.1 Å². The summed E-state index contributed by atoms with van der Waals surface area (Å²) in [5.74, 6) is 0.490. The molecule has 124 valence electrons. The number of nitroso groups, excluding NO2 is 1. The predicted molar refractivity (Wildman–Crippen MR) is 92.2 cm³/mol. The summed E-state index contributed by atoms with van der Waals surface area (Å²) >= 11 is 0. The van der Waals surface area contributed by atoms with Crippen LogP contribution in [0.4, 0.5) is 11.5 Å². The van der Waals surface area contributed by atoms with Crippen LogP contribution in [0.2, 0.25) is 0 Å². The summed E-state index contributed by atoms with van der Waals surface area (Å²) < 4.78 is 4.82. The third-order valence-electron chi connectivity index (χ3n) is 4.31. The first-order valence-corrected chi connectivity index (χ1v) is 7.86. The Kier molecular flexibility index (Phi) is 4.55. The van der Waals surface area contributed by atoms with Crippen LogP contribution in [0.1, 0.15) is 12.0 Å². The number of rotatable bonds is 4. The summed E-state index contributed by atoms with van der Waals surface area (Å²) in [7, 11) is 1.41. The van der Waals surface area contributed by atoms with E-state index in [9.17, 15) is 9.70 Å². The number of aromatic nitrogens is 1. The zero-order valence-electron chi connectivity index (χ0n) is 13.7. The van der Waals surface area contributed by atoms with Crippen LogP contribution in [-0.2, 0) is 9.53 Å². The van der Waals surface area contributed by atoms with Gasteiger partial charge in [0.25, 0.3) is 0 Å². The van der Waals surface area contributed by atoms with Gasteiger partial charge in [-0.1, -0.05) is 17.7 Å². The number of nitrogens with zero attached hydrogens (tertiary/aromatic N) is 3. The Balaban J connectivity index is 1.89. The van der Waals surface area contributed by atoms with Crippen molar-refractivity contribution in [1.29, 1.82) is 0 Å². The van der Waals surface area contributed by atoms with Gasteiger partial charge in [-0.05, 0) is 42.8 Å². The summed E-state index contributed by atoms with van der Waals surface area (Å²) in [6.45, 7) is 3.31. The maximum atomic E-state index is 11.7. The van der Waals surface area contributed by atoms with E-state index in [1.165, 1.54) is 7.11 Å². The molecule has 2 aromatic rings. The summed E-state index contributed by atoms with van der Waals surface area (Å²) in [5, 5.41) is 3.10. The van der Waals surface area contributed by atoms with Gasteiger partial charge in [-0.15, -0.1) is 4.91 Å². The van der Waals surface area contributed by atoms with Crippen molar-refractivity contribution >= 4 is 17.5 Å². The van der Waals surface area contributed by atoms with Gasteiger partial charge in [-0.25, -0.2) is 4.98 Å². The van der Waals surface area contributed by atoms with Gasteiger partial charge in [0.05, 0.1) is 18.7 Å². The number of pyridine rings is 1. The highest BCUT2D eigenvalue weighted by molar-refractivity contribution is 5.76. The van der Waals surface area contributed by atoms with Crippen LogP contribution in [0, 0.1) is 17.7 Å². The molecule has 1 saturated heterocycles. The zero-order chi connectivity index (χ0) is 17.1. The van der Waals surface area contributed by atoms with Crippen molar-refractivity contribution in [2.75, 3.05) is 25.1 Å². The molecule has 0 bridgehead atoms. The van der Waals surface area contributed by atoms with Crippen LogP contribution in [0.15, 0.2) is 41.6 Å². The Morgan fingerprint density at radius 2 is 2.17 bits per heavy atom. The second kappa shape index (κ2) is 6.78. The highest BCUT2D eigenvalue weighted by atomic mass is 16.5. The van der Waals surface area contributed by atoms with Crippen LogP contribution in [0.25, 0.3) is 11.3 Å². The van der Waals surface area contributed by atoms with Crippen molar-refractivity contribution in [3.63, 3.8) is 0 Å². The van der Waals surface area contributed by atoms with Crippen LogP contribution in [0.3, 0.4) is 0 Å². The van der Waals surface area contributed by atoms with Gasteiger partial charge < -0.3 is 9.64 Å². The van der Waals surface area contributed by atoms with E-state index in [4.69, 9.17) is 4.74 Å². The van der Waals surface area contributed by atoms with Crippen molar-refractivity contribution in [2.45, 2.75) is 13.3 Å². The number of hydrogen-bond acceptors (Lipinski definition) is 6. The quantitative estimate of drug-likeness (QED) is 0.636. The van der Waals surface area contributed by atoms with Crippen molar-refractivity contribution in [1.82, 2.24) is 4.98 Å². The van der Waals surface area contributed by atoms with Crippen molar-refractivity contribution in [3.05, 3.63) is 46.9 Å². The molecule has 24 heavy (non-hydrogen) atoms. The minimum Gasteiger partial charge on any atom is -0.469 e. The van der Waals surface area contributed by atoms with Crippen LogP contribution >= 0.6 is 0 Å². The largest absolute Gasteiger partial charge is 0.469 e. The fourth-order valence-electron chi connectivity index (χ4n) is 3.01. The van der Waals surface area contributed by atoms with Gasteiger partial charge >= 0.3 is 5.97 Å². The summed E-state index contributed by atoms with van der Waals surface area (Å²) in [5.41, 5.74) is 2.83. The minimum absolute atomic E-state index is 0.119. The second-order valence-electron chi connectivity index (χ2n) is 5.95. The topological polar surface area (TPSA) is 71.9 Å². The SMILES string of the molecule is COC(=O)[C@@H]1CCN(c2cccc(-c3cc(C)ccc3N=O)n2)C1. The molecular formula is C18H19N3O3. The number of benzene rings is 1. The van der Waals surface area contributed by atoms with Crippen LogP contribution in [0.5, 0.6) is 0 Å². The van der Waals surface area contributed by atoms with Gasteiger partial charge in [-0.3, -0.25) is 4.79 Å². The number of aryl methyl sites for hydroxylation is 1. The molecule has 2 heterocycles. The average molecular weight is 325 g/mol. The molecule has 1 aromatic carbocycles. The number of esters is 1. The number of anilines is 1. The standard InChI is InChI=1S/C18H19N3O3/c1-12-6-7-16(20-23)14(10-12)15-4-3-5-17(19-15)21-9-8-13(11-21)18(22)24-2/h3-7,10,13H,8-9,11H2,1-2H3/t13-/m1/s1. The molecule has 6 heteroatoms. The highest BCUT2D eigenvalue weighted by Gasteiger charge is 2.29. The van der Waals surface area contributed by atoms with Crippen molar-refractivity contribution < 1.29 is 9.53 Å². The monoisotopic (exact) mass is 325 g/mol. The lowest BCUT2D eigenvalue weighted by Crippen LogP contribution is -2.24. The number of carbonyl (C=O) groups is 1. The fraction of sp³-hybridized carbons (Fsp3) is 0.333. The molecule has 0 unspecified atom stereocenters. The van der Waals surface area contributed by atoms with Crippen molar-refractivity contribution in [3.8, 4) is 11.3 Å². The van der Waals surface area contributed by atoms with Crippen LogP contribution in [-0.4, -0.2) is 31.2 Å². The van der Waals surface area contributed by atoms with Crippen LogP contribution < -0.4 is 4.90 Å². The van der Waals surface area contributed by atoms with E-state index in [1.54, 1.807) is 6.07 Å². The summed E-state index contributed by atoms with van der Waals surface area (Å²) in [6, 6.07) is 11.1. The second-order valence-corrected chi connectivity index (χ2v) is 5.95. The van der Waals surface area contributed by atoms with E-state index in [0.29, 0.717) is 17.9 Å². The van der Waals surface area contributed by atoms with Gasteiger partial charge in [0.2, 0.25) is 0 Å². The lowest BCUT2D eigenvalue weighted by molar-refractivity contribution is -0.144. The number of carbonyl (C=O) groups excluding carboxylic acids is 1. The molecular weight excluding hydrogens is 306 g/mol. The Morgan fingerprint density at radius 1 is 1.33 bits per heavy atom. The third kappa shape index (κ3) is 3.13. The molecule has 0 saturated carbocycles. The molecule has 6 nitrogen and oxygen atoms in total. The maximum Gasteiger partial charge on any atom is 0.310 e. The highest BCUT2D eigenvalue weighted by Crippen LogP contribution is 2.32. The number of ether oxygens (including phenoxy) is 1. The molecule has 1 atom stereocenters. The Labute approximate surface area is 140 Å². The fourth-order valence-corrected chi connectivity index (χ4v) is 3.01. The molecule has 1 aliphatic rings. The lowest BCUT2D eigenvalue weighted by atomic mass is 10.1. The van der Waals surface area contributed by atoms with E-state index < -0.39 is 0 Å². The van der Waals surface area contributed by atoms with Gasteiger partial charge in [-0.2, -0.15) is 0 Å². The van der Waals surface area contributed by atoms with E-state index in [2.05, 4.69) is 15.1 Å². The van der Waals surface area contributed by atoms with Gasteiger partial charge in [0, 0.05) is 18.7 Å². The molecule has 3 rings (SSSR count). The maximum absolute atomic E-state index is 11.7. The minimum atomic E-state index is -0.181. The van der Waals surface area contributed by atoms with E-state index in [-0.39, 0.29) is 11.9 Å². The molecule has 0 N–H and O–H groups in total. The van der Waals surface area contributed by atoms with E-state index in [0.717, 1.165) is 29.9 Å². The molecule has 1 fully saturated rings. The molecule has 0 radical (unpaired) electrons. The number of methoxy groups -OCH3 is 1. The first-order chi connectivity index (χ1) is 11.6. The van der Waals surface area contributed by atoms with Gasteiger partial charge in [0.15, 0.2) is 0 Å². The Bertz CT molecular complexity index is 776. The Hall–Kier alpha value is -2.76. The first kappa shape index (κ1) is 16.1. The number of hydrogen-bond donors (Lipinski definition) is 0.